The molecule has 0 saturated carbocycles. The van der Waals surface area contributed by atoms with Crippen LogP contribution in [-0.4, -0.2) is 29.3 Å². The molecule has 122 valence electrons. The Bertz CT molecular complexity index is 660. The highest BCUT2D eigenvalue weighted by molar-refractivity contribution is 5.61. The topological polar surface area (TPSA) is 56.1 Å². The first kappa shape index (κ1) is 15.7. The SMILES string of the molecule is Cc1ccc(-c2ccnn2C2CCCCO2)cc1CCNC=O. The molecule has 1 aliphatic rings. The predicted octanol–water partition coefficient (Wildman–Crippen LogP) is 2.85. The van der Waals surface area contributed by atoms with Crippen molar-refractivity contribution < 1.29 is 9.53 Å². The molecule has 5 heteroatoms. The molecule has 0 aliphatic carbocycles. The van der Waals surface area contributed by atoms with Gasteiger partial charge in [0.1, 0.15) is 0 Å². The van der Waals surface area contributed by atoms with Gasteiger partial charge in [0.15, 0.2) is 6.23 Å². The highest BCUT2D eigenvalue weighted by Crippen LogP contribution is 2.29. The maximum atomic E-state index is 10.4. The summed E-state index contributed by atoms with van der Waals surface area (Å²) in [6.07, 6.45) is 6.76. The molecule has 3 rings (SSSR count). The molecule has 0 bridgehead atoms. The van der Waals surface area contributed by atoms with Gasteiger partial charge in [-0.3, -0.25) is 4.79 Å². The number of carbonyl (C=O) groups excluding carboxylic acids is 1. The molecule has 1 aromatic carbocycles. The van der Waals surface area contributed by atoms with Crippen molar-refractivity contribution in [2.45, 2.75) is 38.8 Å². The third kappa shape index (κ3) is 3.62. The number of aryl methyl sites for hydroxylation is 1. The van der Waals surface area contributed by atoms with Gasteiger partial charge >= 0.3 is 0 Å². The molecule has 1 aromatic heterocycles. The lowest BCUT2D eigenvalue weighted by Crippen LogP contribution is -2.20. The molecule has 23 heavy (non-hydrogen) atoms. The first-order valence-corrected chi connectivity index (χ1v) is 8.21. The second-order valence-electron chi connectivity index (χ2n) is 5.95. The lowest BCUT2D eigenvalue weighted by atomic mass is 10.0. The van der Waals surface area contributed by atoms with Crippen LogP contribution in [0.25, 0.3) is 11.3 Å². The molecule has 1 N–H and O–H groups in total. The van der Waals surface area contributed by atoms with Gasteiger partial charge in [0.05, 0.1) is 5.69 Å². The van der Waals surface area contributed by atoms with Gasteiger partial charge in [0.25, 0.3) is 0 Å². The first-order chi connectivity index (χ1) is 11.3. The van der Waals surface area contributed by atoms with Crippen LogP contribution in [0.15, 0.2) is 30.5 Å². The smallest absolute Gasteiger partial charge is 0.207 e. The van der Waals surface area contributed by atoms with E-state index in [1.54, 1.807) is 0 Å². The number of rotatable bonds is 6. The van der Waals surface area contributed by atoms with Crippen LogP contribution in [-0.2, 0) is 16.0 Å². The molecule has 1 amide bonds. The minimum Gasteiger partial charge on any atom is -0.358 e. The summed E-state index contributed by atoms with van der Waals surface area (Å²) in [6.45, 7) is 3.56. The van der Waals surface area contributed by atoms with Crippen molar-refractivity contribution in [1.29, 1.82) is 0 Å². The van der Waals surface area contributed by atoms with Crippen LogP contribution in [0.1, 0.15) is 36.6 Å². The van der Waals surface area contributed by atoms with Gasteiger partial charge in [0.2, 0.25) is 6.41 Å². The zero-order chi connectivity index (χ0) is 16.1. The molecule has 1 saturated heterocycles. The van der Waals surface area contributed by atoms with Crippen molar-refractivity contribution >= 4 is 6.41 Å². The van der Waals surface area contributed by atoms with Crippen molar-refractivity contribution in [3.63, 3.8) is 0 Å². The van der Waals surface area contributed by atoms with Gasteiger partial charge in [0, 0.05) is 24.9 Å². The zero-order valence-corrected chi connectivity index (χ0v) is 13.5. The Morgan fingerprint density at radius 2 is 2.30 bits per heavy atom. The number of benzene rings is 1. The van der Waals surface area contributed by atoms with Crippen LogP contribution in [0.2, 0.25) is 0 Å². The maximum Gasteiger partial charge on any atom is 0.207 e. The third-order valence-corrected chi connectivity index (χ3v) is 4.37. The number of aromatic nitrogens is 2. The average Bonchev–Trinajstić information content (AvgIpc) is 3.07. The quantitative estimate of drug-likeness (QED) is 0.659. The number of nitrogens with one attached hydrogen (secondary N) is 1. The molecule has 2 heterocycles. The molecule has 1 aliphatic heterocycles. The van der Waals surface area contributed by atoms with E-state index >= 15 is 0 Å². The van der Waals surface area contributed by atoms with Gasteiger partial charge < -0.3 is 10.1 Å². The minimum absolute atomic E-state index is 0.0373. The number of hydrogen-bond acceptors (Lipinski definition) is 3. The van der Waals surface area contributed by atoms with E-state index in [2.05, 4.69) is 35.5 Å². The summed E-state index contributed by atoms with van der Waals surface area (Å²) < 4.78 is 7.87. The fourth-order valence-corrected chi connectivity index (χ4v) is 3.05. The number of amides is 1. The molecular formula is C18H23N3O2. The predicted molar refractivity (Wildman–Crippen MR) is 89.0 cm³/mol. The molecule has 5 nitrogen and oxygen atoms in total. The van der Waals surface area contributed by atoms with Gasteiger partial charge in [-0.1, -0.05) is 12.1 Å². The Morgan fingerprint density at radius 1 is 1.39 bits per heavy atom. The third-order valence-electron chi connectivity index (χ3n) is 4.37. The Labute approximate surface area is 136 Å². The van der Waals surface area contributed by atoms with Gasteiger partial charge in [-0.15, -0.1) is 0 Å². The van der Waals surface area contributed by atoms with Crippen LogP contribution >= 0.6 is 0 Å². The number of carbonyl (C=O) groups is 1. The molecule has 1 unspecified atom stereocenters. The van der Waals surface area contributed by atoms with E-state index in [-0.39, 0.29) is 6.23 Å². The van der Waals surface area contributed by atoms with Gasteiger partial charge in [-0.05, 0) is 55.9 Å². The lowest BCUT2D eigenvalue weighted by Gasteiger charge is -2.24. The second kappa shape index (κ2) is 7.42. The fourth-order valence-electron chi connectivity index (χ4n) is 3.05. The monoisotopic (exact) mass is 313 g/mol. The summed E-state index contributed by atoms with van der Waals surface area (Å²) in [4.78, 5) is 10.4. The standard InChI is InChI=1S/C18H23N3O2/c1-14-5-6-16(12-15(14)7-9-19-13-22)17-8-10-20-21(17)18-4-2-3-11-23-18/h5-6,8,10,12-13,18H,2-4,7,9,11H2,1H3,(H,19,22). The fraction of sp³-hybridized carbons (Fsp3) is 0.444. The number of hydrogen-bond donors (Lipinski definition) is 1. The molecule has 1 fully saturated rings. The van der Waals surface area contributed by atoms with Gasteiger partial charge in [-0.2, -0.15) is 5.10 Å². The van der Waals surface area contributed by atoms with E-state index in [0.717, 1.165) is 43.5 Å². The normalized spacial score (nSPS) is 17.9. The summed E-state index contributed by atoms with van der Waals surface area (Å²) in [7, 11) is 0. The highest BCUT2D eigenvalue weighted by atomic mass is 16.5. The number of ether oxygens (including phenoxy) is 1. The van der Waals surface area contributed by atoms with Crippen molar-refractivity contribution in [2.24, 2.45) is 0 Å². The van der Waals surface area contributed by atoms with Crippen molar-refractivity contribution in [3.8, 4) is 11.3 Å². The summed E-state index contributed by atoms with van der Waals surface area (Å²) in [5.41, 5.74) is 4.71. The first-order valence-electron chi connectivity index (χ1n) is 8.21. The van der Waals surface area contributed by atoms with Crippen LogP contribution in [0.5, 0.6) is 0 Å². The Morgan fingerprint density at radius 3 is 3.09 bits per heavy atom. The van der Waals surface area contributed by atoms with E-state index in [1.807, 2.05) is 16.9 Å². The van der Waals surface area contributed by atoms with Crippen molar-refractivity contribution in [3.05, 3.63) is 41.6 Å². The average molecular weight is 313 g/mol. The number of nitrogens with zero attached hydrogens (tertiary/aromatic N) is 2. The molecule has 0 radical (unpaired) electrons. The van der Waals surface area contributed by atoms with Crippen LogP contribution in [0, 0.1) is 6.92 Å². The van der Waals surface area contributed by atoms with Crippen molar-refractivity contribution in [2.75, 3.05) is 13.2 Å². The highest BCUT2D eigenvalue weighted by Gasteiger charge is 2.19. The summed E-state index contributed by atoms with van der Waals surface area (Å²) in [6, 6.07) is 8.49. The summed E-state index contributed by atoms with van der Waals surface area (Å²) in [5.74, 6) is 0. The lowest BCUT2D eigenvalue weighted by molar-refractivity contribution is -0.109. The Hall–Kier alpha value is -2.14. The zero-order valence-electron chi connectivity index (χ0n) is 13.5. The molecule has 0 spiro atoms. The van der Waals surface area contributed by atoms with E-state index in [4.69, 9.17) is 4.74 Å². The van der Waals surface area contributed by atoms with E-state index in [9.17, 15) is 4.79 Å². The summed E-state index contributed by atoms with van der Waals surface area (Å²) >= 11 is 0. The minimum atomic E-state index is 0.0373. The van der Waals surface area contributed by atoms with E-state index in [0.29, 0.717) is 6.54 Å². The maximum absolute atomic E-state index is 10.4. The Kier molecular flexibility index (Phi) is 5.08. The van der Waals surface area contributed by atoms with Crippen LogP contribution in [0.4, 0.5) is 0 Å². The molecule has 2 aromatic rings. The van der Waals surface area contributed by atoms with E-state index in [1.165, 1.54) is 17.5 Å². The molecule has 1 atom stereocenters. The molecular weight excluding hydrogens is 290 g/mol. The largest absolute Gasteiger partial charge is 0.358 e. The van der Waals surface area contributed by atoms with Crippen molar-refractivity contribution in [1.82, 2.24) is 15.1 Å². The Balaban J connectivity index is 1.85. The van der Waals surface area contributed by atoms with E-state index < -0.39 is 0 Å². The van der Waals surface area contributed by atoms with Crippen LogP contribution < -0.4 is 5.32 Å². The summed E-state index contributed by atoms with van der Waals surface area (Å²) in [5, 5.41) is 7.20. The van der Waals surface area contributed by atoms with Gasteiger partial charge in [-0.25, -0.2) is 4.68 Å². The van der Waals surface area contributed by atoms with Crippen LogP contribution in [0.3, 0.4) is 0 Å². The second-order valence-corrected chi connectivity index (χ2v) is 5.95.